The van der Waals surface area contributed by atoms with Gasteiger partial charge in [0.05, 0.1) is 6.04 Å². The van der Waals surface area contributed by atoms with E-state index >= 15 is 0 Å². The van der Waals surface area contributed by atoms with Gasteiger partial charge in [0, 0.05) is 43.5 Å². The Morgan fingerprint density at radius 2 is 1.80 bits per heavy atom. The van der Waals surface area contributed by atoms with Crippen molar-refractivity contribution in [2.75, 3.05) is 11.4 Å². The zero-order valence-corrected chi connectivity index (χ0v) is 18.1. The van der Waals surface area contributed by atoms with Crippen molar-refractivity contribution in [2.24, 2.45) is 5.73 Å². The van der Waals surface area contributed by atoms with Crippen molar-refractivity contribution >= 4 is 5.82 Å². The predicted molar refractivity (Wildman–Crippen MR) is 114 cm³/mol. The van der Waals surface area contributed by atoms with Gasteiger partial charge in [-0.2, -0.15) is 13.2 Å². The number of alkyl halides is 3. The van der Waals surface area contributed by atoms with E-state index in [9.17, 15) is 26.7 Å². The molecule has 184 valence electrons. The largest absolute Gasteiger partial charge is 0.489 e. The molecule has 2 aliphatic rings. The lowest BCUT2D eigenvalue weighted by Crippen LogP contribution is -2.28. The SMILES string of the molecule is N[C@@H]1C[C@H]2Cn3c(cc(OCc4cc(F)c(Oc5ccnc(C(F)(F)F)c5)c(F)c4)cc3=O)N2C1. The van der Waals surface area contributed by atoms with Crippen LogP contribution in [0.25, 0.3) is 0 Å². The number of nitrogens with two attached hydrogens (primary N) is 1. The van der Waals surface area contributed by atoms with E-state index < -0.39 is 35.0 Å². The number of benzene rings is 1. The van der Waals surface area contributed by atoms with E-state index in [1.54, 1.807) is 10.6 Å². The summed E-state index contributed by atoms with van der Waals surface area (Å²) in [6.45, 7) is 0.906. The van der Waals surface area contributed by atoms with Gasteiger partial charge >= 0.3 is 6.18 Å². The summed E-state index contributed by atoms with van der Waals surface area (Å²) in [5.41, 5.74) is 4.60. The number of hydrogen-bond acceptors (Lipinski definition) is 6. The summed E-state index contributed by atoms with van der Waals surface area (Å²) >= 11 is 0. The quantitative estimate of drug-likeness (QED) is 0.543. The minimum absolute atomic E-state index is 0.0207. The van der Waals surface area contributed by atoms with Gasteiger partial charge in [0.15, 0.2) is 17.4 Å². The molecule has 3 aromatic rings. The lowest BCUT2D eigenvalue weighted by molar-refractivity contribution is -0.141. The minimum Gasteiger partial charge on any atom is -0.489 e. The predicted octanol–water partition coefficient (Wildman–Crippen LogP) is 3.83. The van der Waals surface area contributed by atoms with E-state index in [0.29, 0.717) is 25.0 Å². The standard InChI is InChI=1S/C23H19F5N4O3/c24-17-3-12(4-18(25)22(17)35-15-1-2-30-19(6-15)23(26,27)28)11-34-16-7-20-31-9-13(29)5-14(31)10-32(20)21(33)8-16/h1-4,6-8,13-14H,5,9-11,29H2/t13-,14+/m1/s1. The van der Waals surface area contributed by atoms with E-state index in [2.05, 4.69) is 4.98 Å². The fourth-order valence-corrected chi connectivity index (χ4v) is 4.39. The Labute approximate surface area is 195 Å². The molecule has 0 spiro atoms. The molecule has 0 saturated carbocycles. The van der Waals surface area contributed by atoms with Crippen molar-refractivity contribution < 1.29 is 31.4 Å². The molecule has 2 aliphatic heterocycles. The molecule has 5 rings (SSSR count). The third-order valence-electron chi connectivity index (χ3n) is 5.92. The molecule has 2 N–H and O–H groups in total. The van der Waals surface area contributed by atoms with Crippen LogP contribution in [0.5, 0.6) is 17.2 Å². The highest BCUT2D eigenvalue weighted by molar-refractivity contribution is 5.51. The van der Waals surface area contributed by atoms with Crippen LogP contribution < -0.4 is 25.7 Å². The number of rotatable bonds is 5. The fraction of sp³-hybridized carbons (Fsp3) is 0.304. The first kappa shape index (κ1) is 23.1. The normalized spacial score (nSPS) is 19.0. The molecule has 7 nitrogen and oxygen atoms in total. The van der Waals surface area contributed by atoms with Crippen LogP contribution in [0.1, 0.15) is 17.7 Å². The van der Waals surface area contributed by atoms with Gasteiger partial charge in [-0.15, -0.1) is 0 Å². The van der Waals surface area contributed by atoms with E-state index in [0.717, 1.165) is 30.8 Å². The van der Waals surface area contributed by atoms with Crippen molar-refractivity contribution in [1.82, 2.24) is 9.55 Å². The van der Waals surface area contributed by atoms with E-state index in [4.69, 9.17) is 15.2 Å². The maximum atomic E-state index is 14.6. The highest BCUT2D eigenvalue weighted by atomic mass is 19.4. The molecule has 0 radical (unpaired) electrons. The number of nitrogens with zero attached hydrogens (tertiary/aromatic N) is 3. The Morgan fingerprint density at radius 1 is 1.06 bits per heavy atom. The molecule has 0 bridgehead atoms. The molecule has 0 amide bonds. The number of fused-ring (bicyclic) bond motifs is 3. The maximum absolute atomic E-state index is 14.6. The highest BCUT2D eigenvalue weighted by Gasteiger charge is 2.37. The summed E-state index contributed by atoms with van der Waals surface area (Å²) in [5.74, 6) is -2.62. The second-order valence-electron chi connectivity index (χ2n) is 8.45. The molecule has 0 aliphatic carbocycles. The van der Waals surface area contributed by atoms with Gasteiger partial charge in [-0.05, 0) is 30.2 Å². The fourth-order valence-electron chi connectivity index (χ4n) is 4.39. The Balaban J connectivity index is 1.32. The van der Waals surface area contributed by atoms with Crippen LogP contribution in [0.15, 0.2) is 47.4 Å². The average Bonchev–Trinajstić information content (AvgIpc) is 3.31. The van der Waals surface area contributed by atoms with Crippen molar-refractivity contribution in [3.8, 4) is 17.2 Å². The number of ether oxygens (including phenoxy) is 2. The Kier molecular flexibility index (Phi) is 5.62. The summed E-state index contributed by atoms with van der Waals surface area (Å²) in [5, 5.41) is 0. The van der Waals surface area contributed by atoms with Gasteiger partial charge in [0.1, 0.15) is 29.6 Å². The van der Waals surface area contributed by atoms with Crippen LogP contribution in [0.4, 0.5) is 27.8 Å². The zero-order chi connectivity index (χ0) is 24.9. The first-order valence-electron chi connectivity index (χ1n) is 10.7. The maximum Gasteiger partial charge on any atom is 0.433 e. The van der Waals surface area contributed by atoms with Gasteiger partial charge in [0.25, 0.3) is 5.56 Å². The average molecular weight is 494 g/mol. The van der Waals surface area contributed by atoms with E-state index in [-0.39, 0.29) is 35.6 Å². The lowest BCUT2D eigenvalue weighted by atomic mass is 10.2. The number of anilines is 1. The Bertz CT molecular complexity index is 1320. The third-order valence-corrected chi connectivity index (χ3v) is 5.92. The van der Waals surface area contributed by atoms with Crippen LogP contribution in [0.2, 0.25) is 0 Å². The first-order valence-corrected chi connectivity index (χ1v) is 10.7. The molecule has 2 atom stereocenters. The summed E-state index contributed by atoms with van der Waals surface area (Å²) in [6.07, 6.45) is -3.13. The molecule has 2 aromatic heterocycles. The molecule has 35 heavy (non-hydrogen) atoms. The highest BCUT2D eigenvalue weighted by Crippen LogP contribution is 2.35. The van der Waals surface area contributed by atoms with E-state index in [1.165, 1.54) is 6.07 Å². The Morgan fingerprint density at radius 3 is 2.51 bits per heavy atom. The van der Waals surface area contributed by atoms with E-state index in [1.807, 2.05) is 4.90 Å². The monoisotopic (exact) mass is 494 g/mol. The van der Waals surface area contributed by atoms with Crippen LogP contribution in [-0.2, 0) is 19.3 Å². The summed E-state index contributed by atoms with van der Waals surface area (Å²) in [7, 11) is 0. The molecule has 0 unspecified atom stereocenters. The van der Waals surface area contributed by atoms with Crippen LogP contribution in [0, 0.1) is 11.6 Å². The summed E-state index contributed by atoms with van der Waals surface area (Å²) in [4.78, 5) is 17.7. The van der Waals surface area contributed by atoms with Crippen LogP contribution in [0.3, 0.4) is 0 Å². The molecule has 4 heterocycles. The van der Waals surface area contributed by atoms with Crippen LogP contribution >= 0.6 is 0 Å². The van der Waals surface area contributed by atoms with Gasteiger partial charge in [0.2, 0.25) is 0 Å². The summed E-state index contributed by atoms with van der Waals surface area (Å²) in [6, 6.07) is 6.64. The smallest absolute Gasteiger partial charge is 0.433 e. The third kappa shape index (κ3) is 4.53. The molecular formula is C23H19F5N4O3. The molecule has 1 aromatic carbocycles. The second-order valence-corrected chi connectivity index (χ2v) is 8.45. The number of aromatic nitrogens is 2. The minimum atomic E-state index is -4.74. The lowest BCUT2D eigenvalue weighted by Gasteiger charge is -2.18. The molecule has 1 saturated heterocycles. The zero-order valence-electron chi connectivity index (χ0n) is 18.1. The van der Waals surface area contributed by atoms with Crippen LogP contribution in [-0.4, -0.2) is 28.2 Å². The topological polar surface area (TPSA) is 82.6 Å². The first-order chi connectivity index (χ1) is 16.6. The van der Waals surface area contributed by atoms with Gasteiger partial charge in [-0.25, -0.2) is 8.78 Å². The number of halogens is 5. The van der Waals surface area contributed by atoms with Crippen molar-refractivity contribution in [3.05, 3.63) is 75.8 Å². The molecule has 12 heteroatoms. The molecular weight excluding hydrogens is 475 g/mol. The van der Waals surface area contributed by atoms with Crippen molar-refractivity contribution in [3.63, 3.8) is 0 Å². The van der Waals surface area contributed by atoms with Crippen molar-refractivity contribution in [1.29, 1.82) is 0 Å². The second kappa shape index (κ2) is 8.52. The van der Waals surface area contributed by atoms with Gasteiger partial charge in [-0.3, -0.25) is 14.3 Å². The van der Waals surface area contributed by atoms with Crippen molar-refractivity contribution in [2.45, 2.75) is 37.8 Å². The summed E-state index contributed by atoms with van der Waals surface area (Å²) < 4.78 is 79.8. The Hall–Kier alpha value is -3.67. The van der Waals surface area contributed by atoms with Gasteiger partial charge in [-0.1, -0.05) is 0 Å². The molecule has 1 fully saturated rings. The number of pyridine rings is 2. The van der Waals surface area contributed by atoms with Gasteiger partial charge < -0.3 is 20.1 Å². The number of hydrogen-bond donors (Lipinski definition) is 1.